The lowest BCUT2D eigenvalue weighted by Gasteiger charge is -2.06. The van der Waals surface area contributed by atoms with Gasteiger partial charge in [0.15, 0.2) is 10.9 Å². The minimum atomic E-state index is -0.316. The van der Waals surface area contributed by atoms with E-state index < -0.39 is 0 Å². The quantitative estimate of drug-likeness (QED) is 0.637. The lowest BCUT2D eigenvalue weighted by molar-refractivity contribution is -0.113. The van der Waals surface area contributed by atoms with Gasteiger partial charge in [-0.25, -0.2) is 4.98 Å². The molecule has 0 aliphatic rings. The summed E-state index contributed by atoms with van der Waals surface area (Å²) in [5, 5.41) is 8.01. The van der Waals surface area contributed by atoms with Crippen LogP contribution in [0.5, 0.6) is 0 Å². The molecule has 3 aromatic rings. The predicted octanol–water partition coefficient (Wildman–Crippen LogP) is 4.03. The minimum Gasteiger partial charge on any atom is -0.459 e. The summed E-state index contributed by atoms with van der Waals surface area (Å²) in [5.74, 6) is 0.0679. The van der Waals surface area contributed by atoms with Crippen LogP contribution < -0.4 is 10.6 Å². The van der Waals surface area contributed by atoms with Gasteiger partial charge in [-0.15, -0.1) is 23.1 Å². The van der Waals surface area contributed by atoms with Crippen LogP contribution in [0.25, 0.3) is 0 Å². The minimum absolute atomic E-state index is 0.121. The first-order valence-corrected chi connectivity index (χ1v) is 9.26. The summed E-state index contributed by atoms with van der Waals surface area (Å²) >= 11 is 2.78. The molecule has 0 fully saturated rings. The van der Waals surface area contributed by atoms with Crippen LogP contribution in [-0.4, -0.2) is 22.6 Å². The average Bonchev–Trinajstić information content (AvgIpc) is 3.25. The Morgan fingerprint density at radius 2 is 2.12 bits per heavy atom. The molecule has 0 saturated heterocycles. The molecule has 3 rings (SSSR count). The highest BCUT2D eigenvalue weighted by Crippen LogP contribution is 2.23. The van der Waals surface area contributed by atoms with Gasteiger partial charge in [0, 0.05) is 16.0 Å². The molecule has 2 N–H and O–H groups in total. The number of anilines is 2. The van der Waals surface area contributed by atoms with E-state index in [0.717, 1.165) is 10.6 Å². The van der Waals surface area contributed by atoms with Crippen LogP contribution in [0.4, 0.5) is 10.8 Å². The van der Waals surface area contributed by atoms with Crippen molar-refractivity contribution < 1.29 is 14.0 Å². The van der Waals surface area contributed by atoms with E-state index in [-0.39, 0.29) is 23.3 Å². The Morgan fingerprint density at radius 1 is 1.24 bits per heavy atom. The number of nitrogens with zero attached hydrogens (tertiary/aromatic N) is 1. The van der Waals surface area contributed by atoms with Crippen molar-refractivity contribution in [3.05, 3.63) is 59.5 Å². The van der Waals surface area contributed by atoms with Crippen LogP contribution in [0.2, 0.25) is 0 Å². The highest BCUT2D eigenvalue weighted by atomic mass is 32.2. The van der Waals surface area contributed by atoms with Crippen molar-refractivity contribution in [3.8, 4) is 0 Å². The summed E-state index contributed by atoms with van der Waals surface area (Å²) in [7, 11) is 0. The number of aromatic nitrogens is 1. The van der Waals surface area contributed by atoms with Crippen LogP contribution in [-0.2, 0) is 4.79 Å². The van der Waals surface area contributed by atoms with E-state index in [1.165, 1.54) is 29.4 Å². The first-order valence-electron chi connectivity index (χ1n) is 7.40. The maximum atomic E-state index is 12.0. The largest absolute Gasteiger partial charge is 0.459 e. The van der Waals surface area contributed by atoms with Crippen molar-refractivity contribution in [1.29, 1.82) is 0 Å². The second-order valence-electron chi connectivity index (χ2n) is 5.09. The number of carbonyl (C=O) groups is 2. The van der Waals surface area contributed by atoms with Gasteiger partial charge in [-0.1, -0.05) is 6.07 Å². The smallest absolute Gasteiger partial charge is 0.291 e. The summed E-state index contributed by atoms with van der Waals surface area (Å²) in [5.41, 5.74) is 1.52. The Bertz CT molecular complexity index is 875. The summed E-state index contributed by atoms with van der Waals surface area (Å²) in [4.78, 5) is 29.0. The monoisotopic (exact) mass is 373 g/mol. The van der Waals surface area contributed by atoms with E-state index in [1.54, 1.807) is 18.2 Å². The van der Waals surface area contributed by atoms with Crippen molar-refractivity contribution in [3.63, 3.8) is 0 Å². The first-order chi connectivity index (χ1) is 12.1. The molecule has 2 heterocycles. The number of benzene rings is 1. The number of hydrogen-bond donors (Lipinski definition) is 2. The molecular formula is C17H15N3O3S2. The summed E-state index contributed by atoms with van der Waals surface area (Å²) in [6, 6.07) is 10.5. The highest BCUT2D eigenvalue weighted by Gasteiger charge is 2.10. The van der Waals surface area contributed by atoms with Crippen LogP contribution >= 0.6 is 23.1 Å². The second kappa shape index (κ2) is 8.00. The lowest BCUT2D eigenvalue weighted by atomic mass is 10.3. The van der Waals surface area contributed by atoms with Crippen LogP contribution in [0.3, 0.4) is 0 Å². The normalized spacial score (nSPS) is 10.4. The van der Waals surface area contributed by atoms with E-state index >= 15 is 0 Å². The zero-order valence-electron chi connectivity index (χ0n) is 13.3. The van der Waals surface area contributed by atoms with Gasteiger partial charge in [0.05, 0.1) is 17.7 Å². The van der Waals surface area contributed by atoms with E-state index in [0.29, 0.717) is 10.8 Å². The fourth-order valence-electron chi connectivity index (χ4n) is 1.98. The molecule has 6 nitrogen and oxygen atoms in total. The maximum absolute atomic E-state index is 12.0. The first kappa shape index (κ1) is 17.2. The summed E-state index contributed by atoms with van der Waals surface area (Å²) in [6.45, 7) is 1.88. The molecule has 0 aliphatic carbocycles. The van der Waals surface area contributed by atoms with Crippen LogP contribution in [0, 0.1) is 6.92 Å². The average molecular weight is 373 g/mol. The van der Waals surface area contributed by atoms with Gasteiger partial charge in [-0.3, -0.25) is 9.59 Å². The fourth-order valence-corrected chi connectivity index (χ4v) is 3.44. The molecule has 25 heavy (non-hydrogen) atoms. The standard InChI is InChI=1S/C17H15N3O3S2/c1-11-9-25-17(18-11)20-15(21)10-24-13-5-2-4-12(8-13)19-16(22)14-6-3-7-23-14/h2-9H,10H2,1H3,(H,19,22)(H,18,20,21). The molecule has 0 saturated carbocycles. The topological polar surface area (TPSA) is 84.2 Å². The number of carbonyl (C=O) groups excluding carboxylic acids is 2. The van der Waals surface area contributed by atoms with Crippen molar-refractivity contribution in [2.45, 2.75) is 11.8 Å². The van der Waals surface area contributed by atoms with Crippen molar-refractivity contribution in [1.82, 2.24) is 4.98 Å². The van der Waals surface area contributed by atoms with E-state index in [2.05, 4.69) is 15.6 Å². The molecule has 1 aromatic carbocycles. The summed E-state index contributed by atoms with van der Waals surface area (Å²) in [6.07, 6.45) is 1.45. The lowest BCUT2D eigenvalue weighted by Crippen LogP contribution is -2.14. The molecule has 0 spiro atoms. The maximum Gasteiger partial charge on any atom is 0.291 e. The van der Waals surface area contributed by atoms with Gasteiger partial charge in [-0.2, -0.15) is 0 Å². The van der Waals surface area contributed by atoms with E-state index in [1.807, 2.05) is 30.5 Å². The molecule has 0 radical (unpaired) electrons. The molecule has 0 aliphatic heterocycles. The molecule has 0 bridgehead atoms. The van der Waals surface area contributed by atoms with E-state index in [9.17, 15) is 9.59 Å². The SMILES string of the molecule is Cc1csc(NC(=O)CSc2cccc(NC(=O)c3ccco3)c2)n1. The fraction of sp³-hybridized carbons (Fsp3) is 0.118. The number of amides is 2. The number of thiazole rings is 1. The van der Waals surface area contributed by atoms with Gasteiger partial charge in [0.25, 0.3) is 5.91 Å². The Morgan fingerprint density at radius 3 is 2.84 bits per heavy atom. The van der Waals surface area contributed by atoms with Crippen molar-refractivity contribution in [2.75, 3.05) is 16.4 Å². The van der Waals surface area contributed by atoms with Crippen molar-refractivity contribution in [2.24, 2.45) is 0 Å². The van der Waals surface area contributed by atoms with Crippen LogP contribution in [0.15, 0.2) is 57.4 Å². The molecular weight excluding hydrogens is 358 g/mol. The summed E-state index contributed by atoms with van der Waals surface area (Å²) < 4.78 is 5.06. The molecule has 0 unspecified atom stereocenters. The Balaban J connectivity index is 1.54. The Kier molecular flexibility index (Phi) is 5.52. The van der Waals surface area contributed by atoms with Gasteiger partial charge < -0.3 is 15.1 Å². The molecule has 2 amide bonds. The van der Waals surface area contributed by atoms with Gasteiger partial charge >= 0.3 is 0 Å². The number of nitrogens with one attached hydrogen (secondary N) is 2. The third-order valence-electron chi connectivity index (χ3n) is 3.07. The zero-order chi connectivity index (χ0) is 17.6. The number of aryl methyl sites for hydroxylation is 1. The third kappa shape index (κ3) is 4.94. The molecule has 0 atom stereocenters. The predicted molar refractivity (Wildman–Crippen MR) is 99.3 cm³/mol. The molecule has 8 heteroatoms. The second-order valence-corrected chi connectivity index (χ2v) is 7.00. The Labute approximate surface area is 152 Å². The Hall–Kier alpha value is -2.58. The highest BCUT2D eigenvalue weighted by molar-refractivity contribution is 8.00. The molecule has 128 valence electrons. The van der Waals surface area contributed by atoms with Gasteiger partial charge in [-0.05, 0) is 37.3 Å². The molecule has 2 aromatic heterocycles. The van der Waals surface area contributed by atoms with Gasteiger partial charge in [0.1, 0.15) is 0 Å². The number of rotatable bonds is 6. The van der Waals surface area contributed by atoms with Gasteiger partial charge in [0.2, 0.25) is 5.91 Å². The zero-order valence-corrected chi connectivity index (χ0v) is 14.9. The third-order valence-corrected chi connectivity index (χ3v) is 4.94. The van der Waals surface area contributed by atoms with Crippen molar-refractivity contribution >= 4 is 45.7 Å². The van der Waals surface area contributed by atoms with Crippen LogP contribution in [0.1, 0.15) is 16.2 Å². The number of thioether (sulfide) groups is 1. The van der Waals surface area contributed by atoms with E-state index in [4.69, 9.17) is 4.42 Å². The number of furan rings is 1. The number of hydrogen-bond acceptors (Lipinski definition) is 6.